The fraction of sp³-hybridized carbons (Fsp3) is 0.286. The van der Waals surface area contributed by atoms with Crippen molar-refractivity contribution in [1.29, 1.82) is 0 Å². The van der Waals surface area contributed by atoms with E-state index >= 15 is 0 Å². The van der Waals surface area contributed by atoms with Crippen LogP contribution in [0, 0.1) is 0 Å². The van der Waals surface area contributed by atoms with Crippen molar-refractivity contribution in [3.05, 3.63) is 48.2 Å². The highest BCUT2D eigenvalue weighted by atomic mass is 14.7. The molecule has 0 aliphatic heterocycles. The maximum absolute atomic E-state index is 3.23. The molecule has 1 aliphatic carbocycles. The SMILES string of the molecule is C1=C[C@@H](c2ccc3[nH]ccc3c2)CCC1. The summed E-state index contributed by atoms with van der Waals surface area (Å²) in [6.07, 6.45) is 10.6. The molecule has 1 N–H and O–H groups in total. The summed E-state index contributed by atoms with van der Waals surface area (Å²) in [6.45, 7) is 0. The third kappa shape index (κ3) is 1.58. The van der Waals surface area contributed by atoms with Gasteiger partial charge in [0, 0.05) is 17.6 Å². The third-order valence-corrected chi connectivity index (χ3v) is 3.26. The van der Waals surface area contributed by atoms with Crippen LogP contribution in [-0.4, -0.2) is 4.98 Å². The van der Waals surface area contributed by atoms with Crippen molar-refractivity contribution in [3.8, 4) is 0 Å². The molecular weight excluding hydrogens is 182 g/mol. The summed E-state index contributed by atoms with van der Waals surface area (Å²) in [5, 5.41) is 1.33. The van der Waals surface area contributed by atoms with Gasteiger partial charge >= 0.3 is 0 Å². The Morgan fingerprint density at radius 2 is 2.20 bits per heavy atom. The van der Waals surface area contributed by atoms with E-state index in [1.807, 2.05) is 6.20 Å². The Balaban J connectivity index is 2.02. The van der Waals surface area contributed by atoms with Gasteiger partial charge in [-0.2, -0.15) is 0 Å². The van der Waals surface area contributed by atoms with Crippen molar-refractivity contribution in [2.75, 3.05) is 0 Å². The van der Waals surface area contributed by atoms with Crippen LogP contribution in [0.15, 0.2) is 42.6 Å². The zero-order chi connectivity index (χ0) is 10.1. The van der Waals surface area contributed by atoms with Crippen LogP contribution in [0.5, 0.6) is 0 Å². The highest BCUT2D eigenvalue weighted by molar-refractivity contribution is 5.80. The largest absolute Gasteiger partial charge is 0.361 e. The predicted molar refractivity (Wildman–Crippen MR) is 64.0 cm³/mol. The molecule has 1 aliphatic rings. The Labute approximate surface area is 89.8 Å². The minimum atomic E-state index is 0.637. The predicted octanol–water partition coefficient (Wildman–Crippen LogP) is 3.99. The Morgan fingerprint density at radius 3 is 3.07 bits per heavy atom. The van der Waals surface area contributed by atoms with Gasteiger partial charge in [0.2, 0.25) is 0 Å². The monoisotopic (exact) mass is 197 g/mol. The van der Waals surface area contributed by atoms with Crippen LogP contribution >= 0.6 is 0 Å². The Bertz CT molecular complexity index is 493. The second-order valence-corrected chi connectivity index (χ2v) is 4.29. The van der Waals surface area contributed by atoms with Crippen LogP contribution < -0.4 is 0 Å². The van der Waals surface area contributed by atoms with Gasteiger partial charge in [-0.25, -0.2) is 0 Å². The molecule has 2 aromatic rings. The topological polar surface area (TPSA) is 15.8 Å². The fourth-order valence-corrected chi connectivity index (χ4v) is 2.39. The van der Waals surface area contributed by atoms with Gasteiger partial charge in [0.25, 0.3) is 0 Å². The zero-order valence-corrected chi connectivity index (χ0v) is 8.74. The van der Waals surface area contributed by atoms with Gasteiger partial charge in [0.15, 0.2) is 0 Å². The molecule has 1 heterocycles. The average molecular weight is 197 g/mol. The lowest BCUT2D eigenvalue weighted by Crippen LogP contribution is -1.98. The van der Waals surface area contributed by atoms with Crippen molar-refractivity contribution < 1.29 is 0 Å². The third-order valence-electron chi connectivity index (χ3n) is 3.26. The van der Waals surface area contributed by atoms with Gasteiger partial charge < -0.3 is 4.98 Å². The van der Waals surface area contributed by atoms with E-state index in [1.165, 1.54) is 35.7 Å². The number of fused-ring (bicyclic) bond motifs is 1. The van der Waals surface area contributed by atoms with Crippen molar-refractivity contribution in [1.82, 2.24) is 4.98 Å². The van der Waals surface area contributed by atoms with E-state index in [1.54, 1.807) is 0 Å². The molecule has 0 unspecified atom stereocenters. The maximum Gasteiger partial charge on any atom is 0.0454 e. The van der Waals surface area contributed by atoms with Gasteiger partial charge in [-0.1, -0.05) is 18.2 Å². The number of hydrogen-bond acceptors (Lipinski definition) is 0. The van der Waals surface area contributed by atoms with E-state index in [9.17, 15) is 0 Å². The summed E-state index contributed by atoms with van der Waals surface area (Å²) >= 11 is 0. The van der Waals surface area contributed by atoms with Gasteiger partial charge in [0.05, 0.1) is 0 Å². The average Bonchev–Trinajstić information content (AvgIpc) is 2.77. The number of allylic oxidation sites excluding steroid dienone is 2. The smallest absolute Gasteiger partial charge is 0.0454 e. The molecular formula is C14H15N. The fourth-order valence-electron chi connectivity index (χ4n) is 2.39. The maximum atomic E-state index is 3.23. The van der Waals surface area contributed by atoms with Gasteiger partial charge in [0.1, 0.15) is 0 Å². The first-order valence-electron chi connectivity index (χ1n) is 5.67. The molecule has 0 saturated carbocycles. The second kappa shape index (κ2) is 3.58. The van der Waals surface area contributed by atoms with Crippen LogP contribution in [0.3, 0.4) is 0 Å². The molecule has 1 nitrogen and oxygen atoms in total. The van der Waals surface area contributed by atoms with E-state index < -0.39 is 0 Å². The van der Waals surface area contributed by atoms with E-state index in [4.69, 9.17) is 0 Å². The number of aromatic amines is 1. The summed E-state index contributed by atoms with van der Waals surface area (Å²) in [7, 11) is 0. The first-order valence-corrected chi connectivity index (χ1v) is 5.67. The van der Waals surface area contributed by atoms with E-state index in [2.05, 4.69) is 41.4 Å². The number of aromatic nitrogens is 1. The molecule has 0 amide bonds. The van der Waals surface area contributed by atoms with E-state index in [-0.39, 0.29) is 0 Å². The van der Waals surface area contributed by atoms with Crippen molar-refractivity contribution in [3.63, 3.8) is 0 Å². The molecule has 3 rings (SSSR count). The van der Waals surface area contributed by atoms with E-state index in [0.29, 0.717) is 5.92 Å². The quantitative estimate of drug-likeness (QED) is 0.665. The second-order valence-electron chi connectivity index (χ2n) is 4.29. The minimum Gasteiger partial charge on any atom is -0.361 e. The summed E-state index contributed by atoms with van der Waals surface area (Å²) in [6, 6.07) is 8.89. The molecule has 0 saturated heterocycles. The molecule has 15 heavy (non-hydrogen) atoms. The Hall–Kier alpha value is -1.50. The lowest BCUT2D eigenvalue weighted by molar-refractivity contribution is 0.655. The van der Waals surface area contributed by atoms with Crippen molar-refractivity contribution >= 4 is 10.9 Å². The summed E-state index contributed by atoms with van der Waals surface area (Å²) < 4.78 is 0. The molecule has 0 fully saturated rings. The van der Waals surface area contributed by atoms with Gasteiger partial charge in [-0.15, -0.1) is 0 Å². The van der Waals surface area contributed by atoms with Crippen LogP contribution in [0.1, 0.15) is 30.7 Å². The van der Waals surface area contributed by atoms with Gasteiger partial charge in [-0.05, 0) is 48.4 Å². The molecule has 1 heteroatoms. The van der Waals surface area contributed by atoms with Gasteiger partial charge in [-0.3, -0.25) is 0 Å². The Morgan fingerprint density at radius 1 is 1.20 bits per heavy atom. The molecule has 0 bridgehead atoms. The number of benzene rings is 1. The normalized spacial score (nSPS) is 20.9. The summed E-state index contributed by atoms with van der Waals surface area (Å²) in [5.74, 6) is 0.637. The van der Waals surface area contributed by atoms with Crippen LogP contribution in [0.2, 0.25) is 0 Å². The highest BCUT2D eigenvalue weighted by Crippen LogP contribution is 2.29. The standard InChI is InChI=1S/C14H15N/c1-2-4-11(5-3-1)12-6-7-14-13(10-12)8-9-15-14/h2,4,6-11,15H,1,3,5H2/t11-/m1/s1. The summed E-state index contributed by atoms with van der Waals surface area (Å²) in [5.41, 5.74) is 2.69. The lowest BCUT2D eigenvalue weighted by atomic mass is 9.89. The number of nitrogens with one attached hydrogen (secondary N) is 1. The van der Waals surface area contributed by atoms with E-state index in [0.717, 1.165) is 0 Å². The van der Waals surface area contributed by atoms with Crippen LogP contribution in [-0.2, 0) is 0 Å². The highest BCUT2D eigenvalue weighted by Gasteiger charge is 2.11. The molecule has 0 radical (unpaired) electrons. The summed E-state index contributed by atoms with van der Waals surface area (Å²) in [4.78, 5) is 3.23. The first kappa shape index (κ1) is 8.78. The van der Waals surface area contributed by atoms with Crippen molar-refractivity contribution in [2.45, 2.75) is 25.2 Å². The van der Waals surface area contributed by atoms with Crippen LogP contribution in [0.4, 0.5) is 0 Å². The molecule has 76 valence electrons. The molecule has 1 aromatic carbocycles. The molecule has 0 spiro atoms. The van der Waals surface area contributed by atoms with Crippen molar-refractivity contribution in [2.24, 2.45) is 0 Å². The molecule has 1 atom stereocenters. The number of rotatable bonds is 1. The lowest BCUT2D eigenvalue weighted by Gasteiger charge is -2.16. The Kier molecular flexibility index (Phi) is 2.09. The first-order chi connectivity index (χ1) is 7.43. The molecule has 1 aromatic heterocycles. The zero-order valence-electron chi connectivity index (χ0n) is 8.74. The number of H-pyrrole nitrogens is 1. The van der Waals surface area contributed by atoms with Crippen LogP contribution in [0.25, 0.3) is 10.9 Å². The number of hydrogen-bond donors (Lipinski definition) is 1. The minimum absolute atomic E-state index is 0.637.